The summed E-state index contributed by atoms with van der Waals surface area (Å²) < 4.78 is 79.6. The maximum absolute atomic E-state index is 13.7. The molecule has 14 heteroatoms. The van der Waals surface area contributed by atoms with Crippen LogP contribution in [-0.4, -0.2) is 42.3 Å². The Bertz CT molecular complexity index is 1690. The van der Waals surface area contributed by atoms with Crippen molar-refractivity contribution in [3.8, 4) is 28.6 Å². The van der Waals surface area contributed by atoms with Gasteiger partial charge in [0.15, 0.2) is 0 Å². The van der Waals surface area contributed by atoms with Crippen molar-refractivity contribution < 1.29 is 40.8 Å². The van der Waals surface area contributed by atoms with Gasteiger partial charge in [-0.15, -0.1) is 0 Å². The van der Waals surface area contributed by atoms with Crippen LogP contribution in [0.2, 0.25) is 5.02 Å². The van der Waals surface area contributed by atoms with Gasteiger partial charge in [0.25, 0.3) is 15.9 Å². The second-order valence-corrected chi connectivity index (χ2v) is 11.1. The highest BCUT2D eigenvalue weighted by molar-refractivity contribution is 7.92. The number of carbonyl (C=O) groups is 1. The number of fused-ring (bicyclic) bond motifs is 1. The third kappa shape index (κ3) is 5.47. The Kier molecular flexibility index (Phi) is 7.19. The van der Waals surface area contributed by atoms with Crippen LogP contribution in [-0.2, 0) is 21.0 Å². The van der Waals surface area contributed by atoms with E-state index < -0.39 is 38.7 Å². The van der Waals surface area contributed by atoms with Crippen molar-refractivity contribution >= 4 is 33.3 Å². The first-order chi connectivity index (χ1) is 18.9. The molecule has 208 valence electrons. The normalized spacial score (nSPS) is 15.4. The van der Waals surface area contributed by atoms with Crippen LogP contribution in [0.15, 0.2) is 76.1 Å². The summed E-state index contributed by atoms with van der Waals surface area (Å²) in [6.07, 6.45) is -5.96. The standard InChI is InChI=1S/C26H19ClF3N3O6S/c27-20-7-2-1-6-19(20)25-31-24(32-39-25)15-8-10-22-21(12-15)33(14-17(38-22)9-11-23(34)35)40(36,37)18-5-3-4-16(13-18)26(28,29)30/h1-8,10,12-13,17H,9,11,14H2,(H,34,35). The molecule has 0 fully saturated rings. The van der Waals surface area contributed by atoms with Crippen molar-refractivity contribution in [2.24, 2.45) is 0 Å². The molecular formula is C26H19ClF3N3O6S. The Morgan fingerprint density at radius 3 is 2.60 bits per heavy atom. The molecule has 1 unspecified atom stereocenters. The topological polar surface area (TPSA) is 123 Å². The minimum Gasteiger partial charge on any atom is -0.486 e. The summed E-state index contributed by atoms with van der Waals surface area (Å²) in [4.78, 5) is 14.9. The Labute approximate surface area is 230 Å². The molecule has 0 saturated heterocycles. The smallest absolute Gasteiger partial charge is 0.416 e. The third-order valence-corrected chi connectivity index (χ3v) is 8.21. The zero-order chi connectivity index (χ0) is 28.7. The first-order valence-corrected chi connectivity index (χ1v) is 13.6. The van der Waals surface area contributed by atoms with Gasteiger partial charge in [0.2, 0.25) is 5.82 Å². The van der Waals surface area contributed by atoms with Crippen LogP contribution in [0.25, 0.3) is 22.8 Å². The Morgan fingerprint density at radius 1 is 1.10 bits per heavy atom. The number of aliphatic carboxylic acids is 1. The number of rotatable bonds is 7. The van der Waals surface area contributed by atoms with E-state index in [1.165, 1.54) is 12.1 Å². The van der Waals surface area contributed by atoms with Crippen LogP contribution >= 0.6 is 11.6 Å². The van der Waals surface area contributed by atoms with Gasteiger partial charge in [0.05, 0.1) is 33.3 Å². The number of benzene rings is 3. The van der Waals surface area contributed by atoms with E-state index in [2.05, 4.69) is 10.1 Å². The molecule has 0 radical (unpaired) electrons. The highest BCUT2D eigenvalue weighted by Crippen LogP contribution is 2.41. The number of sulfonamides is 1. The second kappa shape index (κ2) is 10.5. The monoisotopic (exact) mass is 593 g/mol. The Morgan fingerprint density at radius 2 is 1.88 bits per heavy atom. The summed E-state index contributed by atoms with van der Waals surface area (Å²) >= 11 is 6.21. The van der Waals surface area contributed by atoms with Gasteiger partial charge in [-0.2, -0.15) is 18.2 Å². The summed E-state index contributed by atoms with van der Waals surface area (Å²) in [5, 5.41) is 13.4. The van der Waals surface area contributed by atoms with Crippen molar-refractivity contribution in [1.82, 2.24) is 10.1 Å². The molecule has 1 aliphatic heterocycles. The van der Waals surface area contributed by atoms with Crippen molar-refractivity contribution in [2.75, 3.05) is 10.8 Å². The molecule has 1 aromatic heterocycles. The zero-order valence-corrected chi connectivity index (χ0v) is 21.9. The molecule has 4 aromatic rings. The number of carboxylic acid groups (broad SMARTS) is 1. The first-order valence-electron chi connectivity index (χ1n) is 11.7. The molecule has 9 nitrogen and oxygen atoms in total. The SMILES string of the molecule is O=C(O)CCC1CN(S(=O)(=O)c2cccc(C(F)(F)F)c2)c2cc(-c3noc(-c4ccccc4Cl)n3)ccc2O1. The van der Waals surface area contributed by atoms with Gasteiger partial charge >= 0.3 is 12.1 Å². The van der Waals surface area contributed by atoms with Gasteiger partial charge in [-0.3, -0.25) is 9.10 Å². The number of halogens is 4. The Hall–Kier alpha value is -4.10. The lowest BCUT2D eigenvalue weighted by Gasteiger charge is -2.35. The van der Waals surface area contributed by atoms with E-state index in [-0.39, 0.29) is 42.5 Å². The van der Waals surface area contributed by atoms with E-state index in [9.17, 15) is 26.4 Å². The van der Waals surface area contributed by atoms with Crippen LogP contribution in [0, 0.1) is 0 Å². The van der Waals surface area contributed by atoms with Crippen molar-refractivity contribution in [2.45, 2.75) is 30.0 Å². The minimum absolute atomic E-state index is 0.0191. The van der Waals surface area contributed by atoms with Crippen LogP contribution in [0.1, 0.15) is 18.4 Å². The maximum atomic E-state index is 13.7. The van der Waals surface area contributed by atoms with Gasteiger partial charge in [-0.05, 0) is 55.0 Å². The Balaban J connectivity index is 1.57. The summed E-state index contributed by atoms with van der Waals surface area (Å²) in [5.74, 6) is -0.793. The van der Waals surface area contributed by atoms with E-state index in [0.29, 0.717) is 22.2 Å². The predicted octanol–water partition coefficient (Wildman–Crippen LogP) is 5.90. The van der Waals surface area contributed by atoms with Crippen molar-refractivity contribution in [1.29, 1.82) is 0 Å². The molecule has 0 saturated carbocycles. The van der Waals surface area contributed by atoms with Gasteiger partial charge in [-0.25, -0.2) is 8.42 Å². The number of nitrogens with zero attached hydrogens (tertiary/aromatic N) is 3. The van der Waals surface area contributed by atoms with Crippen molar-refractivity contribution in [3.05, 3.63) is 77.3 Å². The van der Waals surface area contributed by atoms with Crippen LogP contribution in [0.3, 0.4) is 0 Å². The van der Waals surface area contributed by atoms with Crippen LogP contribution in [0.5, 0.6) is 5.75 Å². The minimum atomic E-state index is -4.76. The van der Waals surface area contributed by atoms with Crippen LogP contribution < -0.4 is 9.04 Å². The third-order valence-electron chi connectivity index (χ3n) is 6.11. The molecular weight excluding hydrogens is 575 g/mol. The maximum Gasteiger partial charge on any atom is 0.416 e. The fraction of sp³-hybridized carbons (Fsp3) is 0.192. The highest BCUT2D eigenvalue weighted by Gasteiger charge is 2.37. The highest BCUT2D eigenvalue weighted by atomic mass is 35.5. The molecule has 0 bridgehead atoms. The molecule has 40 heavy (non-hydrogen) atoms. The molecule has 5 rings (SSSR count). The number of aromatic nitrogens is 2. The molecule has 1 atom stereocenters. The van der Waals surface area contributed by atoms with E-state index in [4.69, 9.17) is 26.0 Å². The number of anilines is 1. The van der Waals surface area contributed by atoms with Gasteiger partial charge in [0, 0.05) is 12.0 Å². The number of ether oxygens (including phenoxy) is 1. The van der Waals surface area contributed by atoms with Crippen LogP contribution in [0.4, 0.5) is 18.9 Å². The molecule has 0 amide bonds. The van der Waals surface area contributed by atoms with Gasteiger partial charge in [-0.1, -0.05) is 35.0 Å². The fourth-order valence-corrected chi connectivity index (χ4v) is 5.92. The predicted molar refractivity (Wildman–Crippen MR) is 137 cm³/mol. The number of hydrogen-bond acceptors (Lipinski definition) is 7. The average Bonchev–Trinajstić information content (AvgIpc) is 3.41. The fourth-order valence-electron chi connectivity index (χ4n) is 4.16. The quantitative estimate of drug-likeness (QED) is 0.281. The van der Waals surface area contributed by atoms with E-state index in [0.717, 1.165) is 22.5 Å². The lowest BCUT2D eigenvalue weighted by molar-refractivity contribution is -0.138. The number of hydrogen-bond donors (Lipinski definition) is 1. The van der Waals surface area contributed by atoms with E-state index in [1.54, 1.807) is 30.3 Å². The van der Waals surface area contributed by atoms with Crippen molar-refractivity contribution in [3.63, 3.8) is 0 Å². The lowest BCUT2D eigenvalue weighted by atomic mass is 10.1. The van der Waals surface area contributed by atoms with E-state index >= 15 is 0 Å². The number of carboxylic acids is 1. The van der Waals surface area contributed by atoms with Gasteiger partial charge in [0.1, 0.15) is 11.9 Å². The summed E-state index contributed by atoms with van der Waals surface area (Å²) in [7, 11) is -4.55. The van der Waals surface area contributed by atoms with Gasteiger partial charge < -0.3 is 14.4 Å². The molecule has 0 spiro atoms. The molecule has 1 aliphatic rings. The molecule has 2 heterocycles. The summed E-state index contributed by atoms with van der Waals surface area (Å²) in [6, 6.07) is 14.6. The molecule has 3 aromatic carbocycles. The first kappa shape index (κ1) is 27.5. The van der Waals surface area contributed by atoms with E-state index in [1.807, 2.05) is 0 Å². The number of alkyl halides is 3. The summed E-state index contributed by atoms with van der Waals surface area (Å²) in [5.41, 5.74) is -0.292. The lowest BCUT2D eigenvalue weighted by Crippen LogP contribution is -2.43. The largest absolute Gasteiger partial charge is 0.486 e. The molecule has 0 aliphatic carbocycles. The molecule has 1 N–H and O–H groups in total. The second-order valence-electron chi connectivity index (χ2n) is 8.82. The average molecular weight is 594 g/mol. The summed E-state index contributed by atoms with van der Waals surface area (Å²) in [6.45, 7) is -0.334. The zero-order valence-electron chi connectivity index (χ0n) is 20.3.